The van der Waals surface area contributed by atoms with Crippen LogP contribution in [0.2, 0.25) is 0 Å². The van der Waals surface area contributed by atoms with Crippen LogP contribution in [0.15, 0.2) is 18.2 Å². The van der Waals surface area contributed by atoms with Gasteiger partial charge < -0.3 is 9.64 Å². The fourth-order valence-electron chi connectivity index (χ4n) is 4.81. The number of piperidine rings is 1. The topological polar surface area (TPSA) is 32.8 Å². The number of rotatable bonds is 3. The maximum atomic E-state index is 13.6. The Kier molecular flexibility index (Phi) is 4.78. The Hall–Kier alpha value is -1.46. The van der Waals surface area contributed by atoms with Crippen LogP contribution in [0.4, 0.5) is 4.39 Å². The lowest BCUT2D eigenvalue weighted by atomic mass is 9.84. The molecule has 3 atom stereocenters. The van der Waals surface area contributed by atoms with Crippen molar-refractivity contribution in [3.8, 4) is 0 Å². The maximum absolute atomic E-state index is 13.6. The van der Waals surface area contributed by atoms with Crippen LogP contribution in [0.1, 0.15) is 42.7 Å². The fraction of sp³-hybridized carbons (Fsp3) is 0.650. The number of morpholine rings is 1. The smallest absolute Gasteiger partial charge is 0.237 e. The molecule has 3 heterocycles. The van der Waals surface area contributed by atoms with Gasteiger partial charge in [0.1, 0.15) is 5.82 Å². The summed E-state index contributed by atoms with van der Waals surface area (Å²) in [5, 5.41) is 0. The summed E-state index contributed by atoms with van der Waals surface area (Å²) in [4.78, 5) is 17.2. The van der Waals surface area contributed by atoms with E-state index in [2.05, 4.69) is 9.80 Å². The van der Waals surface area contributed by atoms with Crippen LogP contribution < -0.4 is 0 Å². The lowest BCUT2D eigenvalue weighted by Gasteiger charge is -2.40. The number of benzene rings is 1. The van der Waals surface area contributed by atoms with Crippen LogP contribution in [-0.4, -0.2) is 60.6 Å². The predicted molar refractivity (Wildman–Crippen MR) is 94.0 cm³/mol. The van der Waals surface area contributed by atoms with Crippen molar-refractivity contribution in [1.82, 2.24) is 9.80 Å². The maximum Gasteiger partial charge on any atom is 0.237 e. The molecule has 5 heteroatoms. The van der Waals surface area contributed by atoms with Crippen LogP contribution in [0.25, 0.3) is 0 Å². The molecule has 136 valence electrons. The van der Waals surface area contributed by atoms with Crippen molar-refractivity contribution in [2.45, 2.75) is 50.6 Å². The number of ether oxygens (including phenoxy) is 1. The molecule has 1 amide bonds. The zero-order chi connectivity index (χ0) is 17.4. The minimum atomic E-state index is -0.134. The number of halogens is 1. The summed E-state index contributed by atoms with van der Waals surface area (Å²) in [6.07, 6.45) is 4.24. The van der Waals surface area contributed by atoms with Crippen molar-refractivity contribution in [3.05, 3.63) is 35.1 Å². The number of amides is 1. The molecule has 0 spiro atoms. The quantitative estimate of drug-likeness (QED) is 0.844. The summed E-state index contributed by atoms with van der Waals surface area (Å²) in [5.74, 6) is 0.595. The highest BCUT2D eigenvalue weighted by Crippen LogP contribution is 2.43. The van der Waals surface area contributed by atoms with Crippen molar-refractivity contribution < 1.29 is 13.9 Å². The van der Waals surface area contributed by atoms with Gasteiger partial charge in [0.15, 0.2) is 0 Å². The molecular formula is C20H27FN2O2. The van der Waals surface area contributed by atoms with E-state index in [4.69, 9.17) is 4.74 Å². The van der Waals surface area contributed by atoms with Gasteiger partial charge in [-0.25, -0.2) is 4.39 Å². The van der Waals surface area contributed by atoms with Crippen LogP contribution in [0, 0.1) is 12.7 Å². The Bertz CT molecular complexity index is 631. The highest BCUT2D eigenvalue weighted by Gasteiger charge is 2.43. The summed E-state index contributed by atoms with van der Waals surface area (Å²) in [5.41, 5.74) is 1.95. The molecule has 0 aromatic heterocycles. The lowest BCUT2D eigenvalue weighted by Crippen LogP contribution is -2.51. The number of hydrogen-bond donors (Lipinski definition) is 0. The summed E-state index contributed by atoms with van der Waals surface area (Å²) in [6.45, 7) is 5.52. The van der Waals surface area contributed by atoms with E-state index in [1.54, 1.807) is 6.07 Å². The van der Waals surface area contributed by atoms with Crippen molar-refractivity contribution in [2.24, 2.45) is 0 Å². The second kappa shape index (κ2) is 7.04. The van der Waals surface area contributed by atoms with Crippen molar-refractivity contribution in [2.75, 3.05) is 32.8 Å². The van der Waals surface area contributed by atoms with E-state index in [9.17, 15) is 9.18 Å². The van der Waals surface area contributed by atoms with Gasteiger partial charge in [-0.1, -0.05) is 12.1 Å². The van der Waals surface area contributed by atoms with Crippen LogP contribution in [-0.2, 0) is 9.53 Å². The predicted octanol–water partition coefficient (Wildman–Crippen LogP) is 2.70. The van der Waals surface area contributed by atoms with Crippen molar-refractivity contribution >= 4 is 5.91 Å². The third kappa shape index (κ3) is 3.44. The number of aryl methyl sites for hydroxylation is 1. The Balaban J connectivity index is 1.42. The van der Waals surface area contributed by atoms with Gasteiger partial charge in [0.2, 0.25) is 5.91 Å². The zero-order valence-electron chi connectivity index (χ0n) is 14.9. The minimum absolute atomic E-state index is 0.134. The molecule has 4 rings (SSSR count). The van der Waals surface area contributed by atoms with E-state index < -0.39 is 0 Å². The molecule has 3 saturated heterocycles. The largest absolute Gasteiger partial charge is 0.379 e. The van der Waals surface area contributed by atoms with Crippen LogP contribution >= 0.6 is 0 Å². The first kappa shape index (κ1) is 17.0. The Morgan fingerprint density at radius 3 is 2.52 bits per heavy atom. The van der Waals surface area contributed by atoms with Crippen molar-refractivity contribution in [1.29, 1.82) is 0 Å². The Morgan fingerprint density at radius 1 is 1.20 bits per heavy atom. The van der Waals surface area contributed by atoms with Gasteiger partial charge in [0, 0.05) is 25.2 Å². The molecule has 1 aromatic carbocycles. The SMILES string of the molecule is Cc1cc(C2C[C@H]3CC[C@@H](C2)N3C(=O)CN2CCOCC2)ccc1F. The Morgan fingerprint density at radius 2 is 1.88 bits per heavy atom. The van der Waals surface area contributed by atoms with Gasteiger partial charge in [0.25, 0.3) is 0 Å². The van der Waals surface area contributed by atoms with E-state index in [0.29, 0.717) is 24.5 Å². The number of carbonyl (C=O) groups is 1. The second-order valence-electron chi connectivity index (χ2n) is 7.75. The fourth-order valence-corrected chi connectivity index (χ4v) is 4.81. The van der Waals surface area contributed by atoms with E-state index in [-0.39, 0.29) is 11.7 Å². The first-order valence-electron chi connectivity index (χ1n) is 9.49. The number of carbonyl (C=O) groups excluding carboxylic acids is 1. The molecule has 1 aromatic rings. The molecule has 3 aliphatic rings. The summed E-state index contributed by atoms with van der Waals surface area (Å²) in [7, 11) is 0. The monoisotopic (exact) mass is 346 g/mol. The second-order valence-corrected chi connectivity index (χ2v) is 7.75. The summed E-state index contributed by atoms with van der Waals surface area (Å²) >= 11 is 0. The van der Waals surface area contributed by atoms with E-state index >= 15 is 0 Å². The molecule has 0 radical (unpaired) electrons. The molecule has 0 saturated carbocycles. The molecule has 25 heavy (non-hydrogen) atoms. The molecule has 0 N–H and O–H groups in total. The lowest BCUT2D eigenvalue weighted by molar-refractivity contribution is -0.138. The minimum Gasteiger partial charge on any atom is -0.379 e. The first-order chi connectivity index (χ1) is 12.1. The van der Waals surface area contributed by atoms with Crippen molar-refractivity contribution in [3.63, 3.8) is 0 Å². The van der Waals surface area contributed by atoms with Gasteiger partial charge in [-0.2, -0.15) is 0 Å². The highest BCUT2D eigenvalue weighted by molar-refractivity contribution is 5.79. The number of fused-ring (bicyclic) bond motifs is 2. The molecule has 3 aliphatic heterocycles. The third-order valence-corrected chi connectivity index (χ3v) is 6.14. The van der Waals surface area contributed by atoms with Gasteiger partial charge in [-0.05, 0) is 55.7 Å². The molecule has 3 fully saturated rings. The average Bonchev–Trinajstić information content (AvgIpc) is 2.88. The molecule has 0 aliphatic carbocycles. The van der Waals surface area contributed by atoms with Crippen LogP contribution in [0.3, 0.4) is 0 Å². The molecule has 4 nitrogen and oxygen atoms in total. The normalized spacial score (nSPS) is 29.8. The van der Waals surface area contributed by atoms with E-state index in [0.717, 1.165) is 57.6 Å². The van der Waals surface area contributed by atoms with Gasteiger partial charge in [0.05, 0.1) is 19.8 Å². The third-order valence-electron chi connectivity index (χ3n) is 6.14. The first-order valence-corrected chi connectivity index (χ1v) is 9.49. The summed E-state index contributed by atoms with van der Waals surface area (Å²) < 4.78 is 18.9. The molecule has 1 unspecified atom stereocenters. The van der Waals surface area contributed by atoms with Gasteiger partial charge in [-0.15, -0.1) is 0 Å². The van der Waals surface area contributed by atoms with E-state index in [1.165, 1.54) is 5.56 Å². The average molecular weight is 346 g/mol. The van der Waals surface area contributed by atoms with Gasteiger partial charge in [-0.3, -0.25) is 9.69 Å². The van der Waals surface area contributed by atoms with Crippen LogP contribution in [0.5, 0.6) is 0 Å². The molecule has 2 bridgehead atoms. The zero-order valence-corrected chi connectivity index (χ0v) is 14.9. The Labute approximate surface area is 148 Å². The summed E-state index contributed by atoms with van der Waals surface area (Å²) in [6, 6.07) is 6.20. The van der Waals surface area contributed by atoms with E-state index in [1.807, 2.05) is 19.1 Å². The standard InChI is InChI=1S/C20H27FN2O2/c1-14-10-15(2-5-19(14)21)16-11-17-3-4-18(12-16)23(17)20(24)13-22-6-8-25-9-7-22/h2,5,10,16-18H,3-4,6-9,11-13H2,1H3/t16?,17-,18+. The highest BCUT2D eigenvalue weighted by atomic mass is 19.1. The molecular weight excluding hydrogens is 319 g/mol. The number of nitrogens with zero attached hydrogens (tertiary/aromatic N) is 2. The number of hydrogen-bond acceptors (Lipinski definition) is 3. The van der Waals surface area contributed by atoms with Gasteiger partial charge >= 0.3 is 0 Å².